The molecule has 0 bridgehead atoms. The minimum atomic E-state index is 0.311. The molecule has 98 valence electrons. The molecular weight excluding hydrogens is 238 g/mol. The topological polar surface area (TPSA) is 44.5 Å². The van der Waals surface area contributed by atoms with E-state index in [9.17, 15) is 0 Å². The number of ether oxygens (including phenoxy) is 2. The molecule has 1 aliphatic heterocycles. The lowest BCUT2D eigenvalue weighted by Crippen LogP contribution is -2.11. The normalized spacial score (nSPS) is 16.8. The average Bonchev–Trinajstić information content (AvgIpc) is 2.89. The van der Waals surface area contributed by atoms with Crippen LogP contribution in [0.25, 0.3) is 0 Å². The molecule has 0 saturated carbocycles. The van der Waals surface area contributed by atoms with Crippen molar-refractivity contribution in [1.29, 1.82) is 0 Å². The molecule has 2 aromatic rings. The summed E-state index contributed by atoms with van der Waals surface area (Å²) in [6, 6.07) is 16.1. The third-order valence-electron chi connectivity index (χ3n) is 3.41. The maximum Gasteiger partial charge on any atom is 0.123 e. The highest BCUT2D eigenvalue weighted by Crippen LogP contribution is 2.33. The van der Waals surface area contributed by atoms with Crippen molar-refractivity contribution in [2.24, 2.45) is 5.73 Å². The predicted molar refractivity (Wildman–Crippen MR) is 74.5 cm³/mol. The van der Waals surface area contributed by atoms with Crippen molar-refractivity contribution in [3.05, 3.63) is 59.7 Å². The van der Waals surface area contributed by atoms with Crippen LogP contribution in [0.5, 0.6) is 11.5 Å². The second-order valence-corrected chi connectivity index (χ2v) is 4.70. The number of fused-ring (bicyclic) bond motifs is 1. The molecule has 2 N–H and O–H groups in total. The zero-order valence-corrected chi connectivity index (χ0v) is 10.7. The fourth-order valence-corrected chi connectivity index (χ4v) is 2.29. The first kappa shape index (κ1) is 12.1. The van der Waals surface area contributed by atoms with Gasteiger partial charge in [-0.2, -0.15) is 0 Å². The number of benzene rings is 2. The molecule has 0 aromatic heterocycles. The van der Waals surface area contributed by atoms with Gasteiger partial charge in [-0.3, -0.25) is 0 Å². The molecule has 0 radical (unpaired) electrons. The summed E-state index contributed by atoms with van der Waals surface area (Å²) in [6.07, 6.45) is 0. The Kier molecular flexibility index (Phi) is 3.38. The Balaban J connectivity index is 1.64. The largest absolute Gasteiger partial charge is 0.493 e. The van der Waals surface area contributed by atoms with Crippen LogP contribution in [-0.2, 0) is 6.54 Å². The second-order valence-electron chi connectivity index (χ2n) is 4.70. The van der Waals surface area contributed by atoms with Gasteiger partial charge in [-0.1, -0.05) is 30.3 Å². The molecule has 3 rings (SSSR count). The van der Waals surface area contributed by atoms with E-state index in [0.717, 1.165) is 17.1 Å². The first-order valence-corrected chi connectivity index (χ1v) is 6.50. The first-order valence-electron chi connectivity index (χ1n) is 6.50. The average molecular weight is 255 g/mol. The van der Waals surface area contributed by atoms with Crippen molar-refractivity contribution in [3.63, 3.8) is 0 Å². The van der Waals surface area contributed by atoms with E-state index >= 15 is 0 Å². The number of hydrogen-bond donors (Lipinski definition) is 1. The minimum absolute atomic E-state index is 0.311. The molecule has 19 heavy (non-hydrogen) atoms. The van der Waals surface area contributed by atoms with Crippen LogP contribution in [-0.4, -0.2) is 13.2 Å². The standard InChI is InChI=1S/C16H17NO2/c17-9-12-5-7-14(8-6-12)18-10-13-11-19-16-4-2-1-3-15(13)16/h1-8,13H,9-11,17H2. The van der Waals surface area contributed by atoms with E-state index in [4.69, 9.17) is 15.2 Å². The Labute approximate surface area is 113 Å². The van der Waals surface area contributed by atoms with Gasteiger partial charge < -0.3 is 15.2 Å². The van der Waals surface area contributed by atoms with Crippen molar-refractivity contribution < 1.29 is 9.47 Å². The monoisotopic (exact) mass is 255 g/mol. The summed E-state index contributed by atoms with van der Waals surface area (Å²) < 4.78 is 11.5. The first-order chi connectivity index (χ1) is 9.36. The van der Waals surface area contributed by atoms with Crippen LogP contribution in [0, 0.1) is 0 Å². The molecule has 3 nitrogen and oxygen atoms in total. The molecular formula is C16H17NO2. The maximum absolute atomic E-state index is 5.83. The van der Waals surface area contributed by atoms with Crippen LogP contribution in [0.3, 0.4) is 0 Å². The smallest absolute Gasteiger partial charge is 0.123 e. The van der Waals surface area contributed by atoms with Gasteiger partial charge in [0, 0.05) is 12.1 Å². The van der Waals surface area contributed by atoms with Crippen molar-refractivity contribution in [1.82, 2.24) is 0 Å². The summed E-state index contributed by atoms with van der Waals surface area (Å²) in [5, 5.41) is 0. The van der Waals surface area contributed by atoms with E-state index < -0.39 is 0 Å². The van der Waals surface area contributed by atoms with E-state index in [0.29, 0.717) is 25.7 Å². The third kappa shape index (κ3) is 2.56. The Morgan fingerprint density at radius 3 is 2.68 bits per heavy atom. The van der Waals surface area contributed by atoms with Crippen LogP contribution >= 0.6 is 0 Å². The molecule has 1 aliphatic rings. The predicted octanol–water partition coefficient (Wildman–Crippen LogP) is 2.70. The Morgan fingerprint density at radius 2 is 1.89 bits per heavy atom. The molecule has 0 saturated heterocycles. The number of rotatable bonds is 4. The van der Waals surface area contributed by atoms with Crippen LogP contribution in [0.15, 0.2) is 48.5 Å². The molecule has 1 unspecified atom stereocenters. The molecule has 2 aromatic carbocycles. The Bertz CT molecular complexity index is 551. The summed E-state index contributed by atoms with van der Waals surface area (Å²) in [7, 11) is 0. The maximum atomic E-state index is 5.83. The van der Waals surface area contributed by atoms with Crippen molar-refractivity contribution in [2.75, 3.05) is 13.2 Å². The van der Waals surface area contributed by atoms with E-state index in [1.165, 1.54) is 5.56 Å². The van der Waals surface area contributed by atoms with Crippen molar-refractivity contribution in [3.8, 4) is 11.5 Å². The summed E-state index contributed by atoms with van der Waals surface area (Å²) in [5.74, 6) is 2.17. The van der Waals surface area contributed by atoms with Gasteiger partial charge in [0.1, 0.15) is 11.5 Å². The molecule has 0 amide bonds. The second kappa shape index (κ2) is 5.33. The van der Waals surface area contributed by atoms with Crippen LogP contribution in [0.1, 0.15) is 17.0 Å². The Morgan fingerprint density at radius 1 is 1.11 bits per heavy atom. The number of nitrogens with two attached hydrogens (primary N) is 1. The van der Waals surface area contributed by atoms with Gasteiger partial charge in [0.2, 0.25) is 0 Å². The van der Waals surface area contributed by atoms with Crippen molar-refractivity contribution in [2.45, 2.75) is 12.5 Å². The summed E-state index contributed by atoms with van der Waals surface area (Å²) >= 11 is 0. The lowest BCUT2D eigenvalue weighted by Gasteiger charge is -2.11. The van der Waals surface area contributed by atoms with Crippen LogP contribution in [0.4, 0.5) is 0 Å². The van der Waals surface area contributed by atoms with E-state index in [2.05, 4.69) is 6.07 Å². The quantitative estimate of drug-likeness (QED) is 0.913. The van der Waals surface area contributed by atoms with Gasteiger partial charge in [0.15, 0.2) is 0 Å². The van der Waals surface area contributed by atoms with Gasteiger partial charge in [0.25, 0.3) is 0 Å². The van der Waals surface area contributed by atoms with Gasteiger partial charge in [0.05, 0.1) is 19.1 Å². The van der Waals surface area contributed by atoms with Gasteiger partial charge in [-0.25, -0.2) is 0 Å². The van der Waals surface area contributed by atoms with Crippen molar-refractivity contribution >= 4 is 0 Å². The minimum Gasteiger partial charge on any atom is -0.493 e. The highest BCUT2D eigenvalue weighted by atomic mass is 16.5. The lowest BCUT2D eigenvalue weighted by molar-refractivity contribution is 0.248. The Hall–Kier alpha value is -2.00. The van der Waals surface area contributed by atoms with Crippen LogP contribution in [0.2, 0.25) is 0 Å². The molecule has 1 heterocycles. The van der Waals surface area contributed by atoms with Gasteiger partial charge >= 0.3 is 0 Å². The van der Waals surface area contributed by atoms with E-state index in [-0.39, 0.29) is 0 Å². The van der Waals surface area contributed by atoms with Gasteiger partial charge in [-0.15, -0.1) is 0 Å². The summed E-state index contributed by atoms with van der Waals surface area (Å²) in [4.78, 5) is 0. The SMILES string of the molecule is NCc1ccc(OCC2COc3ccccc32)cc1. The highest BCUT2D eigenvalue weighted by Gasteiger charge is 2.23. The molecule has 1 atom stereocenters. The van der Waals surface area contributed by atoms with Crippen LogP contribution < -0.4 is 15.2 Å². The number of para-hydroxylation sites is 1. The third-order valence-corrected chi connectivity index (χ3v) is 3.41. The fourth-order valence-electron chi connectivity index (χ4n) is 2.29. The molecule has 0 fully saturated rings. The fraction of sp³-hybridized carbons (Fsp3) is 0.250. The number of hydrogen-bond acceptors (Lipinski definition) is 3. The van der Waals surface area contributed by atoms with E-state index in [1.54, 1.807) is 0 Å². The summed E-state index contributed by atoms with van der Waals surface area (Å²) in [5.41, 5.74) is 7.92. The van der Waals surface area contributed by atoms with E-state index in [1.807, 2.05) is 42.5 Å². The molecule has 0 aliphatic carbocycles. The molecule has 3 heteroatoms. The zero-order chi connectivity index (χ0) is 13.1. The highest BCUT2D eigenvalue weighted by molar-refractivity contribution is 5.39. The zero-order valence-electron chi connectivity index (χ0n) is 10.7. The van der Waals surface area contributed by atoms with Gasteiger partial charge in [-0.05, 0) is 23.8 Å². The summed E-state index contributed by atoms with van der Waals surface area (Å²) in [6.45, 7) is 1.89. The lowest BCUT2D eigenvalue weighted by atomic mass is 10.0. The molecule has 0 spiro atoms.